The van der Waals surface area contributed by atoms with Gasteiger partial charge in [-0.15, -0.1) is 0 Å². The van der Waals surface area contributed by atoms with Crippen molar-refractivity contribution in [2.24, 2.45) is 0 Å². The normalized spacial score (nSPS) is 26.4. The van der Waals surface area contributed by atoms with Gasteiger partial charge in [-0.2, -0.15) is 0 Å². The third-order valence-corrected chi connectivity index (χ3v) is 10.5. The number of hydrogen-bond acceptors (Lipinski definition) is 4. The van der Waals surface area contributed by atoms with E-state index in [2.05, 4.69) is 58.1 Å². The van der Waals surface area contributed by atoms with E-state index in [0.29, 0.717) is 0 Å². The van der Waals surface area contributed by atoms with Crippen LogP contribution < -0.4 is 0 Å². The molecule has 5 heteroatoms. The van der Waals surface area contributed by atoms with Gasteiger partial charge in [0.05, 0.1) is 0 Å². The van der Waals surface area contributed by atoms with Crippen LogP contribution in [0.5, 0.6) is 0 Å². The molecule has 0 bridgehead atoms. The van der Waals surface area contributed by atoms with Crippen LogP contribution in [0.15, 0.2) is 42.5 Å². The second-order valence-electron chi connectivity index (χ2n) is 8.77. The summed E-state index contributed by atoms with van der Waals surface area (Å²) in [6.07, 6.45) is -0.855. The summed E-state index contributed by atoms with van der Waals surface area (Å²) in [6, 6.07) is 14.4. The van der Waals surface area contributed by atoms with Gasteiger partial charge >= 0.3 is 0 Å². The van der Waals surface area contributed by atoms with Gasteiger partial charge in [0.1, 0.15) is 24.4 Å². The fraction of sp³-hybridized carbons (Fsp3) is 0.500. The highest BCUT2D eigenvalue weighted by molar-refractivity contribution is 6.74. The molecule has 1 saturated heterocycles. The number of hydrogen-bond donors (Lipinski definition) is 0. The van der Waals surface area contributed by atoms with Crippen LogP contribution in [0.3, 0.4) is 0 Å². The average molecular weight is 387 g/mol. The highest BCUT2D eigenvalue weighted by Gasteiger charge is 2.51. The maximum absolute atomic E-state index is 11.8. The van der Waals surface area contributed by atoms with E-state index in [0.717, 1.165) is 22.6 Å². The third kappa shape index (κ3) is 3.74. The summed E-state index contributed by atoms with van der Waals surface area (Å²) in [7, 11) is -0.421. The molecule has 0 saturated carbocycles. The number of methoxy groups -OCH3 is 1. The van der Waals surface area contributed by atoms with E-state index in [4.69, 9.17) is 13.9 Å². The number of ether oxygens (including phenoxy) is 2. The van der Waals surface area contributed by atoms with Gasteiger partial charge in [-0.1, -0.05) is 63.2 Å². The molecular formula is C22H30O4Si. The van der Waals surface area contributed by atoms with E-state index >= 15 is 0 Å². The largest absolute Gasteiger partial charge is 0.408 e. The summed E-state index contributed by atoms with van der Waals surface area (Å²) < 4.78 is 18.6. The van der Waals surface area contributed by atoms with Crippen molar-refractivity contribution in [3.8, 4) is 0 Å². The predicted octanol–water partition coefficient (Wildman–Crippen LogP) is 4.88. The van der Waals surface area contributed by atoms with Gasteiger partial charge < -0.3 is 18.7 Å². The quantitative estimate of drug-likeness (QED) is 0.542. The lowest BCUT2D eigenvalue weighted by Crippen LogP contribution is -2.49. The van der Waals surface area contributed by atoms with E-state index in [1.807, 2.05) is 18.2 Å². The zero-order chi connectivity index (χ0) is 19.8. The summed E-state index contributed by atoms with van der Waals surface area (Å²) in [5.41, 5.74) is 1.04. The summed E-state index contributed by atoms with van der Waals surface area (Å²) in [5, 5.41) is 2.30. The summed E-state index contributed by atoms with van der Waals surface area (Å²) >= 11 is 0. The Morgan fingerprint density at radius 1 is 1.04 bits per heavy atom. The second kappa shape index (κ2) is 7.47. The molecule has 0 radical (unpaired) electrons. The van der Waals surface area contributed by atoms with Crippen molar-refractivity contribution in [3.63, 3.8) is 0 Å². The Kier molecular flexibility index (Phi) is 5.59. The number of fused-ring (bicyclic) bond motifs is 1. The van der Waals surface area contributed by atoms with Crippen molar-refractivity contribution in [2.75, 3.05) is 7.11 Å². The Morgan fingerprint density at radius 3 is 2.33 bits per heavy atom. The van der Waals surface area contributed by atoms with E-state index in [1.165, 1.54) is 0 Å². The summed E-state index contributed by atoms with van der Waals surface area (Å²) in [4.78, 5) is 11.8. The van der Waals surface area contributed by atoms with E-state index in [1.54, 1.807) is 7.11 Å². The van der Waals surface area contributed by atoms with Crippen LogP contribution in [0.25, 0.3) is 10.8 Å². The molecule has 1 aliphatic heterocycles. The number of aldehydes is 1. The Morgan fingerprint density at radius 2 is 1.70 bits per heavy atom. The zero-order valence-electron chi connectivity index (χ0n) is 17.1. The number of carbonyl (C=O) groups is 1. The number of carbonyl (C=O) groups excluding carboxylic acids is 1. The van der Waals surface area contributed by atoms with Crippen LogP contribution >= 0.6 is 0 Å². The van der Waals surface area contributed by atoms with Gasteiger partial charge in [0.15, 0.2) is 14.6 Å². The molecule has 0 amide bonds. The van der Waals surface area contributed by atoms with Gasteiger partial charge in [0, 0.05) is 7.11 Å². The molecule has 0 aliphatic carbocycles. The first-order valence-corrected chi connectivity index (χ1v) is 12.4. The number of rotatable bonds is 5. The molecule has 1 unspecified atom stereocenters. The van der Waals surface area contributed by atoms with Gasteiger partial charge in [0.25, 0.3) is 0 Å². The second-order valence-corrected chi connectivity index (χ2v) is 13.5. The molecular weight excluding hydrogens is 356 g/mol. The minimum absolute atomic E-state index is 0.0380. The van der Waals surface area contributed by atoms with Crippen molar-refractivity contribution in [2.45, 2.75) is 63.3 Å². The first kappa shape index (κ1) is 20.2. The molecule has 4 nitrogen and oxygen atoms in total. The van der Waals surface area contributed by atoms with E-state index < -0.39 is 20.5 Å². The van der Waals surface area contributed by atoms with Crippen molar-refractivity contribution in [3.05, 3.63) is 48.0 Å². The molecule has 0 N–H and O–H groups in total. The molecule has 0 spiro atoms. The molecule has 146 valence electrons. The molecule has 4 atom stereocenters. The lowest BCUT2D eigenvalue weighted by Gasteiger charge is -2.40. The first-order valence-electron chi connectivity index (χ1n) is 9.48. The minimum atomic E-state index is -2.09. The van der Waals surface area contributed by atoms with Crippen LogP contribution in [0.2, 0.25) is 18.1 Å². The molecule has 0 aromatic heterocycles. The topological polar surface area (TPSA) is 44.8 Å². The fourth-order valence-electron chi connectivity index (χ4n) is 3.45. The molecule has 3 rings (SSSR count). The van der Waals surface area contributed by atoms with Crippen molar-refractivity contribution in [1.29, 1.82) is 0 Å². The van der Waals surface area contributed by atoms with Gasteiger partial charge in [-0.3, -0.25) is 0 Å². The smallest absolute Gasteiger partial charge is 0.192 e. The third-order valence-electron chi connectivity index (χ3n) is 6.02. The fourth-order valence-corrected chi connectivity index (χ4v) is 4.75. The maximum Gasteiger partial charge on any atom is 0.192 e. The van der Waals surface area contributed by atoms with Crippen LogP contribution in [0.1, 0.15) is 32.4 Å². The molecule has 1 aliphatic rings. The monoisotopic (exact) mass is 386 g/mol. The van der Waals surface area contributed by atoms with Crippen LogP contribution in [-0.2, 0) is 18.7 Å². The zero-order valence-corrected chi connectivity index (χ0v) is 18.1. The molecule has 27 heavy (non-hydrogen) atoms. The minimum Gasteiger partial charge on any atom is -0.408 e. The Hall–Kier alpha value is -1.53. The Bertz CT molecular complexity index is 806. The summed E-state index contributed by atoms with van der Waals surface area (Å²) in [5.74, 6) is 0. The SMILES string of the molecule is CO[C@@H]1C(O[Si](C)(C)C(C)(C)C)[C@@H](C=O)O[C@H]1c1cccc2ccccc12. The average Bonchev–Trinajstić information content (AvgIpc) is 2.96. The predicted molar refractivity (Wildman–Crippen MR) is 110 cm³/mol. The molecule has 1 heterocycles. The van der Waals surface area contributed by atoms with Gasteiger partial charge in [0.2, 0.25) is 0 Å². The van der Waals surface area contributed by atoms with Crippen molar-refractivity contribution < 1.29 is 18.7 Å². The first-order chi connectivity index (χ1) is 12.7. The summed E-state index contributed by atoms with van der Waals surface area (Å²) in [6.45, 7) is 10.9. The molecule has 2 aromatic carbocycles. The standard InChI is InChI=1S/C22H30O4Si/c1-22(2,3)27(5,6)26-20-18(14-23)25-19(21(20)24-4)17-13-9-11-15-10-7-8-12-16(15)17/h7-14,18-21H,1-6H3/t18-,19+,20?,21+/m1/s1. The lowest BCUT2D eigenvalue weighted by atomic mass is 9.96. The van der Waals surface area contributed by atoms with Crippen LogP contribution in [-0.4, -0.2) is 40.0 Å². The maximum atomic E-state index is 11.8. The molecule has 1 fully saturated rings. The van der Waals surface area contributed by atoms with Crippen molar-refractivity contribution in [1.82, 2.24) is 0 Å². The highest BCUT2D eigenvalue weighted by atomic mass is 28.4. The van der Waals surface area contributed by atoms with Gasteiger partial charge in [-0.05, 0) is 34.5 Å². The lowest BCUT2D eigenvalue weighted by molar-refractivity contribution is -0.120. The molecule has 2 aromatic rings. The van der Waals surface area contributed by atoms with Crippen LogP contribution in [0, 0.1) is 0 Å². The number of benzene rings is 2. The van der Waals surface area contributed by atoms with E-state index in [-0.39, 0.29) is 17.2 Å². The Labute approximate surface area is 162 Å². The van der Waals surface area contributed by atoms with Gasteiger partial charge in [-0.25, -0.2) is 0 Å². The van der Waals surface area contributed by atoms with E-state index in [9.17, 15) is 4.79 Å². The van der Waals surface area contributed by atoms with Crippen molar-refractivity contribution >= 4 is 25.4 Å². The van der Waals surface area contributed by atoms with Crippen LogP contribution in [0.4, 0.5) is 0 Å². The Balaban J connectivity index is 2.00. The highest BCUT2D eigenvalue weighted by Crippen LogP contribution is 2.44.